The first-order chi connectivity index (χ1) is 71.3. The number of nitro groups is 1. The number of carbonyl (C=O) groups excluding carboxylic acids is 6. The standard InChI is InChI=1S/C20H24N2O3.C19H23BrN4O3.C19H21FN4O4.C19H23N3O3.C18H23N3O2.C13H19F2N3O2/c1-13-10-22(16-4-3-5-17(9-16)24-2)11-18(13)21-20(23)15-8-19(25-12-15)14-6-7-14;1-11-8-24(9-12-5-14(20)19(26-2)21-7-12)10-16(11)22-18(25)15-6-17(27-23-15)13-3-4-13;1-11-8-23(9-13-6-14(24(26)27)4-5-15(13)20)10-17(11)21-19(25)16-7-18(28-22-16)12-2-3-12;1-12-10-22(16-5-3-4-6-17(16)24-2)11-15(12)20-19(23)14-9-18(25-21-14)13-7-8-13;1-12-9-21(10-13-4-2-3-5-13)11-16(12)19-18(22)15-8-17(23-20-15)14-6-7-14;1-7(2)18-5-8(3)10(6-18)16-13(19)9-4-11(12(14)15)20-17-9/h3-5,8-9,12-14,18H,6-7,10-11H2,1-2H3,(H,21,23);5-7,11,13,16H,3-4,8-10H2,1-2H3,(H,22,25);4-7,11-12,17H,2-3,8-10H2,1H3,(H,21,25);3-6,9,12-13,15H,7-8,10-11H2,1-2H3,(H,20,23);2,4-5,8,12,14,16H,3,6-7,9-11H2,1H3,(H,19,22);4,7-8,10,12H,5-6H2,1-3H3,(H,16,19)/t13-,18+;11-,16+;11-,17+;12-,15+;12-,16+;8-,10-/m000001/s1. The number of anilines is 2. The zero-order chi connectivity index (χ0) is 104. The second-order valence-corrected chi connectivity index (χ2v) is 42.8. The van der Waals surface area contributed by atoms with Crippen LogP contribution in [0.5, 0.6) is 17.4 Å². The first-order valence-electron chi connectivity index (χ1n) is 51.5. The van der Waals surface area contributed by atoms with Gasteiger partial charge in [-0.1, -0.05) is 104 Å². The molecule has 790 valence electrons. The van der Waals surface area contributed by atoms with E-state index in [1.807, 2.05) is 66.6 Å². The molecule has 6 N–H and O–H groups in total. The highest BCUT2D eigenvalue weighted by atomic mass is 79.9. The number of methoxy groups -OCH3 is 3. The molecule has 7 aromatic heterocycles. The normalized spacial score (nSPS) is 23.6. The maximum absolute atomic E-state index is 14.0. The molecule has 5 saturated carbocycles. The number of hydrogen-bond acceptors (Lipinski definition) is 29. The number of allylic oxidation sites excluding steroid dienone is 2. The van der Waals surface area contributed by atoms with Gasteiger partial charge in [0.2, 0.25) is 11.6 Å². The molecule has 11 fully saturated rings. The third-order valence-electron chi connectivity index (χ3n) is 29.6. The van der Waals surface area contributed by atoms with Crippen LogP contribution < -0.4 is 55.9 Å². The smallest absolute Gasteiger partial charge is 0.298 e. The zero-order valence-electron chi connectivity index (χ0n) is 85.4. The maximum atomic E-state index is 14.0. The van der Waals surface area contributed by atoms with Crippen molar-refractivity contribution in [1.29, 1.82) is 0 Å². The lowest BCUT2D eigenvalue weighted by molar-refractivity contribution is -0.385. The molecule has 13 heterocycles. The highest BCUT2D eigenvalue weighted by Gasteiger charge is 2.42. The van der Waals surface area contributed by atoms with Crippen molar-refractivity contribution in [1.82, 2.24) is 82.3 Å². The van der Waals surface area contributed by atoms with E-state index in [0.29, 0.717) is 107 Å². The van der Waals surface area contributed by atoms with Gasteiger partial charge in [0, 0.05) is 224 Å². The number of hydrogen-bond donors (Lipinski definition) is 6. The topological polar surface area (TPSA) is 421 Å². The van der Waals surface area contributed by atoms with Gasteiger partial charge in [-0.15, -0.1) is 0 Å². The number of amides is 6. The Morgan fingerprint density at radius 2 is 0.926 bits per heavy atom. The Kier molecular flexibility index (Phi) is 34.5. The second-order valence-electron chi connectivity index (χ2n) is 41.9. The molecule has 0 radical (unpaired) electrons. The van der Waals surface area contributed by atoms with Gasteiger partial charge in [0.05, 0.1) is 54.1 Å². The summed E-state index contributed by atoms with van der Waals surface area (Å²) in [6.45, 7) is 28.8. The molecule has 0 bridgehead atoms. The number of nitro benzene ring substituents is 1. The van der Waals surface area contributed by atoms with Crippen molar-refractivity contribution in [2.45, 2.75) is 217 Å². The van der Waals surface area contributed by atoms with Gasteiger partial charge < -0.3 is 82.9 Å². The van der Waals surface area contributed by atoms with E-state index < -0.39 is 28.8 Å². The van der Waals surface area contributed by atoms with Crippen LogP contribution in [-0.4, -0.2) is 239 Å². The van der Waals surface area contributed by atoms with Crippen LogP contribution in [-0.2, 0) is 13.1 Å². The summed E-state index contributed by atoms with van der Waals surface area (Å²) in [6.07, 6.45) is 19.6. The number of ether oxygens (including phenoxy) is 3. The third kappa shape index (κ3) is 27.9. The van der Waals surface area contributed by atoms with E-state index >= 15 is 0 Å². The number of benzene rings is 3. The number of carbonyl (C=O) groups is 6. The van der Waals surface area contributed by atoms with Crippen LogP contribution >= 0.6 is 15.9 Å². The van der Waals surface area contributed by atoms with E-state index in [-0.39, 0.29) is 101 Å². The Balaban J connectivity index is 0.000000122. The number of aromatic nitrogens is 6. The SMILES string of the molecule is CC(C)N1C[C@@H](C)[C@H](NC(=O)c2cc(C(F)F)on2)C1.COc1cccc(N2C[C@H](C)[C@H](NC(=O)c3coc(C4CC4)c3)C2)c1.COc1ccccc1N1C[C@H](C)[C@H](NC(=O)c2cc(C3CC3)on2)C1.COc1ncc(CN2C[C@H](C)[C@H](NC(=O)c3cc(C4CC4)on3)C2)cc1Br.C[C@H]1CN(CC2=CCC=C2)C[C@H]1NC(=O)c1cc(C2CC2)on1.C[C@H]1CN(Cc2cc([N+](=O)[O-])ccc2F)C[C@H]1NC(=O)c1cc(C2CC2)on1. The summed E-state index contributed by atoms with van der Waals surface area (Å²) in [7, 11) is 4.96. The number of para-hydroxylation sites is 2. The lowest BCUT2D eigenvalue weighted by atomic mass is 10.1. The third-order valence-corrected chi connectivity index (χ3v) is 30.1. The van der Waals surface area contributed by atoms with Crippen molar-refractivity contribution in [3.05, 3.63) is 246 Å². The van der Waals surface area contributed by atoms with Gasteiger partial charge in [-0.3, -0.25) is 58.5 Å². The Bertz CT molecular complexity index is 6340. The van der Waals surface area contributed by atoms with Gasteiger partial charge in [-0.05, 0) is 190 Å². The number of pyridine rings is 1. The Labute approximate surface area is 866 Å². The quantitative estimate of drug-likeness (QED) is 0.0174. The van der Waals surface area contributed by atoms with E-state index in [4.69, 9.17) is 36.7 Å². The summed E-state index contributed by atoms with van der Waals surface area (Å²) >= 11 is 3.48. The largest absolute Gasteiger partial charge is 0.497 e. The number of rotatable bonds is 31. The Hall–Kier alpha value is -13.1. The first-order valence-corrected chi connectivity index (χ1v) is 52.3. The second kappa shape index (κ2) is 48.1. The van der Waals surface area contributed by atoms with E-state index in [2.05, 4.69) is 186 Å². The fraction of sp³-hybridized carbons (Fsp3) is 0.519. The number of likely N-dealkylation sites (tertiary alicyclic amines) is 4. The average molecular weight is 2110 g/mol. The summed E-state index contributed by atoms with van der Waals surface area (Å²) in [6, 6.07) is 32.3. The monoisotopic (exact) mass is 2100 g/mol. The van der Waals surface area contributed by atoms with Crippen LogP contribution in [0.15, 0.2) is 177 Å². The van der Waals surface area contributed by atoms with Crippen LogP contribution in [0.25, 0.3) is 0 Å². The Morgan fingerprint density at radius 3 is 1.39 bits per heavy atom. The molecule has 10 aromatic rings. The highest BCUT2D eigenvalue weighted by Crippen LogP contribution is 2.45. The zero-order valence-corrected chi connectivity index (χ0v) is 87.0. The molecule has 3 aromatic carbocycles. The van der Waals surface area contributed by atoms with Crippen molar-refractivity contribution < 1.29 is 88.1 Å². The summed E-state index contributed by atoms with van der Waals surface area (Å²) in [5, 5.41) is 48.3. The van der Waals surface area contributed by atoms with Gasteiger partial charge in [0.25, 0.3) is 47.6 Å². The molecule has 6 aliphatic carbocycles. The molecular weight excluding hydrogens is 1970 g/mol. The van der Waals surface area contributed by atoms with Crippen LogP contribution in [0.4, 0.5) is 30.2 Å². The molecular formula is C108H133BrF3N19O17. The molecule has 6 amide bonds. The van der Waals surface area contributed by atoms with Crippen molar-refractivity contribution in [3.8, 4) is 17.4 Å². The molecule has 0 spiro atoms. The molecule has 22 rings (SSSR count). The van der Waals surface area contributed by atoms with Gasteiger partial charge in [0.15, 0.2) is 28.5 Å². The van der Waals surface area contributed by atoms with Crippen molar-refractivity contribution in [2.75, 3.05) is 116 Å². The average Bonchev–Trinajstić information content (AvgIpc) is 1.68. The summed E-state index contributed by atoms with van der Waals surface area (Å²) in [4.78, 5) is 103. The van der Waals surface area contributed by atoms with E-state index in [1.165, 1.54) is 24.5 Å². The summed E-state index contributed by atoms with van der Waals surface area (Å²) < 4.78 is 86.6. The fourth-order valence-electron chi connectivity index (χ4n) is 19.9. The van der Waals surface area contributed by atoms with Gasteiger partial charge in [0.1, 0.15) is 52.4 Å². The summed E-state index contributed by atoms with van der Waals surface area (Å²) in [5.74, 6) is 8.53. The number of nitrogens with zero attached hydrogens (tertiary/aromatic N) is 13. The predicted molar refractivity (Wildman–Crippen MR) is 546 cm³/mol. The number of halogens is 4. The van der Waals surface area contributed by atoms with Gasteiger partial charge >= 0.3 is 0 Å². The van der Waals surface area contributed by atoms with Gasteiger partial charge in [-0.25, -0.2) is 18.2 Å². The van der Waals surface area contributed by atoms with Crippen LogP contribution in [0.2, 0.25) is 0 Å². The minimum Gasteiger partial charge on any atom is -0.497 e. The predicted octanol–water partition coefficient (Wildman–Crippen LogP) is 16.6. The van der Waals surface area contributed by atoms with Crippen molar-refractivity contribution in [2.24, 2.45) is 35.5 Å². The number of furan rings is 1. The summed E-state index contributed by atoms with van der Waals surface area (Å²) in [5.41, 5.74) is 6.80. The lowest BCUT2D eigenvalue weighted by Crippen LogP contribution is -2.40. The molecule has 148 heavy (non-hydrogen) atoms. The molecule has 36 nitrogen and oxygen atoms in total. The van der Waals surface area contributed by atoms with Crippen LogP contribution in [0, 0.1) is 51.4 Å². The maximum Gasteiger partial charge on any atom is 0.298 e. The fourth-order valence-corrected chi connectivity index (χ4v) is 20.5. The van der Waals surface area contributed by atoms with Crippen LogP contribution in [0.1, 0.15) is 271 Å². The first kappa shape index (κ1) is 106. The molecule has 40 heteroatoms. The Morgan fingerprint density at radius 1 is 0.473 bits per heavy atom. The number of non-ortho nitro benzene ring substituents is 1. The van der Waals surface area contributed by atoms with E-state index in [1.54, 1.807) is 51.9 Å². The van der Waals surface area contributed by atoms with Crippen molar-refractivity contribution >= 4 is 68.4 Å². The van der Waals surface area contributed by atoms with Gasteiger partial charge in [-0.2, -0.15) is 0 Å². The highest BCUT2D eigenvalue weighted by molar-refractivity contribution is 9.10. The number of nitrogens with one attached hydrogen (secondary N) is 6. The van der Waals surface area contributed by atoms with Crippen LogP contribution in [0.3, 0.4) is 0 Å². The van der Waals surface area contributed by atoms with E-state index in [0.717, 1.165) is 216 Å². The minimum atomic E-state index is -2.76. The lowest BCUT2D eigenvalue weighted by Gasteiger charge is -2.21. The minimum absolute atomic E-state index is 0.00315. The molecule has 12 atom stereocenters. The van der Waals surface area contributed by atoms with Crippen molar-refractivity contribution in [3.63, 3.8) is 0 Å². The molecule has 12 aliphatic rings. The molecule has 0 unspecified atom stereocenters. The molecule has 6 aliphatic heterocycles. The molecule has 6 saturated heterocycles. The van der Waals surface area contributed by atoms with E-state index in [9.17, 15) is 52.1 Å². The number of alkyl halides is 2.